The van der Waals surface area contributed by atoms with Crippen molar-refractivity contribution in [2.75, 3.05) is 0 Å². The van der Waals surface area contributed by atoms with Crippen molar-refractivity contribution in [2.24, 2.45) is 0 Å². The van der Waals surface area contributed by atoms with Crippen LogP contribution in [0.4, 0.5) is 4.79 Å². The molecule has 0 saturated carbocycles. The molecular weight excluding hydrogens is 340 g/mol. The van der Waals surface area contributed by atoms with Gasteiger partial charge < -0.3 is 19.9 Å². The average Bonchev–Trinajstić information content (AvgIpc) is 2.43. The lowest BCUT2D eigenvalue weighted by Gasteiger charge is -2.22. The van der Waals surface area contributed by atoms with Crippen LogP contribution in [0.5, 0.6) is 0 Å². The summed E-state index contributed by atoms with van der Waals surface area (Å²) < 4.78 is 10.3. The summed E-state index contributed by atoms with van der Waals surface area (Å²) in [6, 6.07) is 0.272. The van der Waals surface area contributed by atoms with Gasteiger partial charge >= 0.3 is 18.0 Å². The van der Waals surface area contributed by atoms with Gasteiger partial charge in [-0.1, -0.05) is 0 Å². The Balaban J connectivity index is 2.87. The number of amides is 1. The quantitative estimate of drug-likeness (QED) is 0.770. The van der Waals surface area contributed by atoms with E-state index in [9.17, 15) is 19.5 Å². The third-order valence-corrected chi connectivity index (χ3v) is 2.86. The summed E-state index contributed by atoms with van der Waals surface area (Å²) in [5.41, 5.74) is -0.726. The largest absolute Gasteiger partial charge is 0.480 e. The van der Waals surface area contributed by atoms with Crippen LogP contribution in [0.25, 0.3) is 0 Å². The lowest BCUT2D eigenvalue weighted by molar-refractivity contribution is -0.139. The number of pyridine rings is 1. The molecule has 0 fully saturated rings. The van der Waals surface area contributed by atoms with Crippen LogP contribution >= 0.6 is 0 Å². The molecule has 144 valence electrons. The van der Waals surface area contributed by atoms with Gasteiger partial charge in [-0.25, -0.2) is 14.4 Å². The van der Waals surface area contributed by atoms with Crippen molar-refractivity contribution >= 4 is 18.0 Å². The van der Waals surface area contributed by atoms with Crippen LogP contribution in [0.1, 0.15) is 57.5 Å². The summed E-state index contributed by atoms with van der Waals surface area (Å²) >= 11 is 0. The zero-order chi connectivity index (χ0) is 20.1. The molecule has 0 aliphatic rings. The molecular formula is C18H26N2O6. The first kappa shape index (κ1) is 21.4. The molecule has 0 bridgehead atoms. The fourth-order valence-electron chi connectivity index (χ4n) is 1.93. The van der Waals surface area contributed by atoms with Gasteiger partial charge in [-0.15, -0.1) is 0 Å². The molecule has 1 aromatic heterocycles. The van der Waals surface area contributed by atoms with Crippen LogP contribution < -0.4 is 5.32 Å². The summed E-state index contributed by atoms with van der Waals surface area (Å²) in [5, 5.41) is 11.6. The Morgan fingerprint density at radius 3 is 2.15 bits per heavy atom. The van der Waals surface area contributed by atoms with Crippen LogP contribution in [0.15, 0.2) is 18.5 Å². The molecule has 8 nitrogen and oxygen atoms in total. The number of ether oxygens (including phenoxy) is 2. The second kappa shape index (κ2) is 8.16. The minimum atomic E-state index is -1.22. The fourth-order valence-corrected chi connectivity index (χ4v) is 1.93. The Hall–Kier alpha value is -2.64. The number of carboxylic acid groups (broad SMARTS) is 1. The molecule has 0 saturated heterocycles. The van der Waals surface area contributed by atoms with Crippen LogP contribution in [0.3, 0.4) is 0 Å². The number of alkyl carbamates (subject to hydrolysis) is 1. The predicted octanol–water partition coefficient (Wildman–Crippen LogP) is 2.56. The smallest absolute Gasteiger partial charge is 0.408 e. The molecule has 1 heterocycles. The number of nitrogens with zero attached hydrogens (tertiary/aromatic N) is 1. The van der Waals surface area contributed by atoms with Crippen LogP contribution in [0.2, 0.25) is 0 Å². The second-order valence-corrected chi connectivity index (χ2v) is 7.82. The average molecular weight is 366 g/mol. The van der Waals surface area contributed by atoms with Gasteiger partial charge in [-0.3, -0.25) is 4.98 Å². The van der Waals surface area contributed by atoms with Gasteiger partial charge in [0.2, 0.25) is 0 Å². The lowest BCUT2D eigenvalue weighted by atomic mass is 10.1. The first-order valence-electron chi connectivity index (χ1n) is 8.16. The van der Waals surface area contributed by atoms with E-state index >= 15 is 0 Å². The number of carbonyl (C=O) groups is 3. The molecule has 1 rings (SSSR count). The Morgan fingerprint density at radius 2 is 1.65 bits per heavy atom. The number of aromatic nitrogens is 1. The first-order valence-corrected chi connectivity index (χ1v) is 8.16. The molecule has 0 unspecified atom stereocenters. The normalized spacial score (nSPS) is 12.8. The molecule has 1 aromatic rings. The van der Waals surface area contributed by atoms with Crippen molar-refractivity contribution in [3.05, 3.63) is 29.6 Å². The van der Waals surface area contributed by atoms with Gasteiger partial charge in [-0.2, -0.15) is 0 Å². The molecule has 1 amide bonds. The third kappa shape index (κ3) is 7.96. The number of nitrogens with one attached hydrogen (secondary N) is 1. The Kier molecular flexibility index (Phi) is 6.72. The molecule has 26 heavy (non-hydrogen) atoms. The predicted molar refractivity (Wildman–Crippen MR) is 93.9 cm³/mol. The van der Waals surface area contributed by atoms with Gasteiger partial charge in [0.15, 0.2) is 0 Å². The van der Waals surface area contributed by atoms with Crippen molar-refractivity contribution in [1.82, 2.24) is 10.3 Å². The molecule has 8 heteroatoms. The van der Waals surface area contributed by atoms with E-state index in [1.807, 2.05) is 0 Å². The summed E-state index contributed by atoms with van der Waals surface area (Å²) in [7, 11) is 0. The zero-order valence-corrected chi connectivity index (χ0v) is 16.0. The van der Waals surface area contributed by atoms with Crippen molar-refractivity contribution < 1.29 is 29.0 Å². The number of carboxylic acids is 1. The van der Waals surface area contributed by atoms with Crippen molar-refractivity contribution in [2.45, 2.75) is 65.2 Å². The number of esters is 1. The van der Waals surface area contributed by atoms with Crippen LogP contribution in [-0.4, -0.2) is 45.4 Å². The van der Waals surface area contributed by atoms with Gasteiger partial charge in [0.1, 0.15) is 17.2 Å². The van der Waals surface area contributed by atoms with E-state index in [0.717, 1.165) is 0 Å². The van der Waals surface area contributed by atoms with Crippen molar-refractivity contribution in [3.8, 4) is 0 Å². The molecule has 0 spiro atoms. The maximum atomic E-state index is 12.1. The Morgan fingerprint density at radius 1 is 1.08 bits per heavy atom. The lowest BCUT2D eigenvalue weighted by Crippen LogP contribution is -2.44. The molecule has 1 atom stereocenters. The zero-order valence-electron chi connectivity index (χ0n) is 16.0. The second-order valence-electron chi connectivity index (χ2n) is 7.82. The van der Waals surface area contributed by atoms with E-state index in [2.05, 4.69) is 10.3 Å². The fraction of sp³-hybridized carbons (Fsp3) is 0.556. The number of hydrogen-bond donors (Lipinski definition) is 2. The van der Waals surface area contributed by atoms with Gasteiger partial charge in [0.05, 0.1) is 5.56 Å². The number of carbonyl (C=O) groups excluding carboxylic acids is 2. The molecule has 0 aliphatic heterocycles. The highest BCUT2D eigenvalue weighted by molar-refractivity contribution is 5.89. The van der Waals surface area contributed by atoms with E-state index in [-0.39, 0.29) is 12.0 Å². The SMILES string of the molecule is CC(C)(C)OC(=O)N[C@@H](Cc1cncc(C(=O)OC(C)(C)C)c1)C(=O)O. The minimum Gasteiger partial charge on any atom is -0.480 e. The third-order valence-electron chi connectivity index (χ3n) is 2.86. The Labute approximate surface area is 152 Å². The summed E-state index contributed by atoms with van der Waals surface area (Å²) in [5.74, 6) is -1.78. The van der Waals surface area contributed by atoms with Gasteiger partial charge in [0, 0.05) is 18.8 Å². The van der Waals surface area contributed by atoms with Crippen molar-refractivity contribution in [3.63, 3.8) is 0 Å². The number of aliphatic carboxylic acids is 1. The van der Waals surface area contributed by atoms with Crippen LogP contribution in [0, 0.1) is 0 Å². The summed E-state index contributed by atoms with van der Waals surface area (Å²) in [6.45, 7) is 10.3. The topological polar surface area (TPSA) is 115 Å². The highest BCUT2D eigenvalue weighted by Gasteiger charge is 2.25. The first-order chi connectivity index (χ1) is 11.8. The Bertz CT molecular complexity index is 673. The van der Waals surface area contributed by atoms with E-state index in [1.54, 1.807) is 41.5 Å². The van der Waals surface area contributed by atoms with Crippen LogP contribution in [-0.2, 0) is 20.7 Å². The van der Waals surface area contributed by atoms with E-state index in [4.69, 9.17) is 9.47 Å². The summed E-state index contributed by atoms with van der Waals surface area (Å²) in [6.07, 6.45) is 1.88. The highest BCUT2D eigenvalue weighted by atomic mass is 16.6. The monoisotopic (exact) mass is 366 g/mol. The molecule has 2 N–H and O–H groups in total. The molecule has 0 aliphatic carbocycles. The highest BCUT2D eigenvalue weighted by Crippen LogP contribution is 2.14. The standard InChI is InChI=1S/C18H26N2O6/c1-17(2,3)25-15(23)12-7-11(9-19-10-12)8-13(14(21)22)20-16(24)26-18(4,5)6/h7,9-10,13H,8H2,1-6H3,(H,20,24)(H,21,22)/t13-/m0/s1. The van der Waals surface area contributed by atoms with Crippen molar-refractivity contribution in [1.29, 1.82) is 0 Å². The van der Waals surface area contributed by atoms with E-state index in [0.29, 0.717) is 5.56 Å². The van der Waals surface area contributed by atoms with Gasteiger partial charge in [0.25, 0.3) is 0 Å². The van der Waals surface area contributed by atoms with Gasteiger partial charge in [-0.05, 0) is 53.2 Å². The number of rotatable bonds is 5. The molecule has 0 aromatic carbocycles. The maximum Gasteiger partial charge on any atom is 0.408 e. The molecule has 0 radical (unpaired) electrons. The summed E-state index contributed by atoms with van der Waals surface area (Å²) in [4.78, 5) is 39.3. The number of hydrogen-bond acceptors (Lipinski definition) is 6. The van der Waals surface area contributed by atoms with E-state index < -0.39 is 35.3 Å². The maximum absolute atomic E-state index is 12.1. The minimum absolute atomic E-state index is 0.0573. The van der Waals surface area contributed by atoms with E-state index in [1.165, 1.54) is 18.5 Å².